The van der Waals surface area contributed by atoms with Crippen molar-refractivity contribution in [1.29, 1.82) is 0 Å². The van der Waals surface area contributed by atoms with Crippen molar-refractivity contribution in [2.24, 2.45) is 0 Å². The van der Waals surface area contributed by atoms with Crippen molar-refractivity contribution in [2.45, 2.75) is 27.3 Å². The Morgan fingerprint density at radius 2 is 1.78 bits per heavy atom. The van der Waals surface area contributed by atoms with Gasteiger partial charge < -0.3 is 9.30 Å². The first-order valence-electron chi connectivity index (χ1n) is 8.79. The number of hydrogen-bond acceptors (Lipinski definition) is 4. The van der Waals surface area contributed by atoms with Crippen LogP contribution in [0.4, 0.5) is 0 Å². The third kappa shape index (κ3) is 4.31. The van der Waals surface area contributed by atoms with Crippen molar-refractivity contribution in [3.63, 3.8) is 0 Å². The van der Waals surface area contributed by atoms with E-state index >= 15 is 0 Å². The lowest BCUT2D eigenvalue weighted by atomic mass is 10.1. The fourth-order valence-corrected chi connectivity index (χ4v) is 2.97. The summed E-state index contributed by atoms with van der Waals surface area (Å²) >= 11 is 0. The molecule has 0 fully saturated rings. The highest BCUT2D eigenvalue weighted by Gasteiger charge is 2.18. The SMILES string of the molecule is Cc1ccc(C(=O)OCC(=O)c2cc(C)n(Cc3ccccc3)c2C)cn1. The summed E-state index contributed by atoms with van der Waals surface area (Å²) in [5, 5.41) is 0. The van der Waals surface area contributed by atoms with E-state index in [0.717, 1.165) is 22.6 Å². The van der Waals surface area contributed by atoms with Gasteiger partial charge in [-0.2, -0.15) is 0 Å². The van der Waals surface area contributed by atoms with E-state index < -0.39 is 5.97 Å². The molecule has 0 N–H and O–H groups in total. The summed E-state index contributed by atoms with van der Waals surface area (Å²) in [6.45, 7) is 6.12. The third-order valence-electron chi connectivity index (χ3n) is 4.54. The maximum absolute atomic E-state index is 12.6. The van der Waals surface area contributed by atoms with E-state index in [9.17, 15) is 9.59 Å². The van der Waals surface area contributed by atoms with E-state index in [4.69, 9.17) is 4.74 Å². The first-order chi connectivity index (χ1) is 13.0. The Morgan fingerprint density at radius 3 is 2.44 bits per heavy atom. The number of rotatable bonds is 6. The zero-order valence-corrected chi connectivity index (χ0v) is 15.7. The monoisotopic (exact) mass is 362 g/mol. The largest absolute Gasteiger partial charge is 0.454 e. The lowest BCUT2D eigenvalue weighted by Crippen LogP contribution is -2.15. The van der Waals surface area contributed by atoms with Crippen LogP contribution in [-0.4, -0.2) is 27.9 Å². The van der Waals surface area contributed by atoms with Gasteiger partial charge in [-0.15, -0.1) is 0 Å². The molecule has 0 amide bonds. The molecular formula is C22H22N2O3. The molecule has 0 atom stereocenters. The highest BCUT2D eigenvalue weighted by atomic mass is 16.5. The number of ketones is 1. The van der Waals surface area contributed by atoms with Crippen molar-refractivity contribution in [2.75, 3.05) is 6.61 Å². The number of esters is 1. The highest BCUT2D eigenvalue weighted by molar-refractivity contribution is 6.00. The number of benzene rings is 1. The molecule has 138 valence electrons. The molecule has 5 nitrogen and oxygen atoms in total. The van der Waals surface area contributed by atoms with Crippen LogP contribution in [0.25, 0.3) is 0 Å². The maximum atomic E-state index is 12.6. The zero-order valence-electron chi connectivity index (χ0n) is 15.7. The molecule has 0 spiro atoms. The first kappa shape index (κ1) is 18.6. The van der Waals surface area contributed by atoms with Gasteiger partial charge in [-0.1, -0.05) is 30.3 Å². The van der Waals surface area contributed by atoms with Crippen LogP contribution in [-0.2, 0) is 11.3 Å². The summed E-state index contributed by atoms with van der Waals surface area (Å²) in [5.41, 5.74) is 4.76. The minimum atomic E-state index is -0.547. The van der Waals surface area contributed by atoms with Crippen LogP contribution in [0, 0.1) is 20.8 Å². The Labute approximate surface area is 158 Å². The third-order valence-corrected chi connectivity index (χ3v) is 4.54. The Hall–Kier alpha value is -3.21. The predicted molar refractivity (Wildman–Crippen MR) is 103 cm³/mol. The van der Waals surface area contributed by atoms with Crippen molar-refractivity contribution in [1.82, 2.24) is 9.55 Å². The molecule has 3 aromatic rings. The normalized spacial score (nSPS) is 10.6. The topological polar surface area (TPSA) is 61.2 Å². The smallest absolute Gasteiger partial charge is 0.340 e. The number of aromatic nitrogens is 2. The van der Waals surface area contributed by atoms with Crippen LogP contribution in [0.2, 0.25) is 0 Å². The van der Waals surface area contributed by atoms with E-state index in [0.29, 0.717) is 17.7 Å². The van der Waals surface area contributed by atoms with Gasteiger partial charge in [-0.3, -0.25) is 9.78 Å². The van der Waals surface area contributed by atoms with E-state index in [1.807, 2.05) is 45.0 Å². The molecule has 0 bridgehead atoms. The minimum absolute atomic E-state index is 0.212. The van der Waals surface area contributed by atoms with Gasteiger partial charge in [0.15, 0.2) is 6.61 Å². The first-order valence-corrected chi connectivity index (χ1v) is 8.79. The molecule has 3 rings (SSSR count). The number of hydrogen-bond donors (Lipinski definition) is 0. The van der Waals surface area contributed by atoms with Gasteiger partial charge in [-0.05, 0) is 44.5 Å². The molecule has 0 radical (unpaired) electrons. The lowest BCUT2D eigenvalue weighted by Gasteiger charge is -2.10. The van der Waals surface area contributed by atoms with Gasteiger partial charge in [0.2, 0.25) is 5.78 Å². The number of carbonyl (C=O) groups excluding carboxylic acids is 2. The van der Waals surface area contributed by atoms with E-state index in [1.54, 1.807) is 12.1 Å². The van der Waals surface area contributed by atoms with Gasteiger partial charge in [0.1, 0.15) is 0 Å². The van der Waals surface area contributed by atoms with E-state index in [1.165, 1.54) is 6.20 Å². The average molecular weight is 362 g/mol. The summed E-state index contributed by atoms with van der Waals surface area (Å²) in [5.74, 6) is -0.759. The second-order valence-corrected chi connectivity index (χ2v) is 6.54. The molecule has 2 heterocycles. The predicted octanol–water partition coefficient (Wildman–Crippen LogP) is 3.90. The van der Waals surface area contributed by atoms with Gasteiger partial charge in [0.25, 0.3) is 0 Å². The Bertz CT molecular complexity index is 957. The van der Waals surface area contributed by atoms with Crippen LogP contribution in [0.5, 0.6) is 0 Å². The number of nitrogens with zero attached hydrogens (tertiary/aromatic N) is 2. The molecule has 0 unspecified atom stereocenters. The van der Waals surface area contributed by atoms with Gasteiger partial charge >= 0.3 is 5.97 Å². The average Bonchev–Trinajstić information content (AvgIpc) is 2.95. The number of pyridine rings is 1. The minimum Gasteiger partial charge on any atom is -0.454 e. The summed E-state index contributed by atoms with van der Waals surface area (Å²) in [7, 11) is 0. The van der Waals surface area contributed by atoms with Crippen LogP contribution in [0.1, 0.15) is 43.4 Å². The zero-order chi connectivity index (χ0) is 19.4. The number of aryl methyl sites for hydroxylation is 2. The van der Waals surface area contributed by atoms with Crippen LogP contribution >= 0.6 is 0 Å². The van der Waals surface area contributed by atoms with E-state index in [2.05, 4.69) is 21.7 Å². The molecule has 0 aliphatic carbocycles. The Morgan fingerprint density at radius 1 is 1.04 bits per heavy atom. The Kier molecular flexibility index (Phi) is 5.50. The summed E-state index contributed by atoms with van der Waals surface area (Å²) in [4.78, 5) is 28.7. The molecule has 27 heavy (non-hydrogen) atoms. The second-order valence-electron chi connectivity index (χ2n) is 6.54. The Balaban J connectivity index is 1.69. The number of ether oxygens (including phenoxy) is 1. The summed E-state index contributed by atoms with van der Waals surface area (Å²) < 4.78 is 7.26. The van der Waals surface area contributed by atoms with Crippen LogP contribution < -0.4 is 0 Å². The maximum Gasteiger partial charge on any atom is 0.340 e. The fraction of sp³-hybridized carbons (Fsp3) is 0.227. The van der Waals surface area contributed by atoms with Crippen molar-refractivity contribution >= 4 is 11.8 Å². The van der Waals surface area contributed by atoms with Crippen molar-refractivity contribution in [3.05, 3.63) is 88.5 Å². The molecule has 0 aliphatic heterocycles. The molecule has 0 aliphatic rings. The summed E-state index contributed by atoms with van der Waals surface area (Å²) in [6, 6.07) is 15.3. The van der Waals surface area contributed by atoms with Gasteiger partial charge in [-0.25, -0.2) is 4.79 Å². The quantitative estimate of drug-likeness (QED) is 0.493. The molecular weight excluding hydrogens is 340 g/mol. The molecule has 0 saturated heterocycles. The molecule has 0 saturated carbocycles. The number of Topliss-reactive ketones (excluding diaryl/α,β-unsaturated/α-hetero) is 1. The highest BCUT2D eigenvalue weighted by Crippen LogP contribution is 2.18. The van der Waals surface area contributed by atoms with Crippen molar-refractivity contribution < 1.29 is 14.3 Å². The van der Waals surface area contributed by atoms with Gasteiger partial charge in [0, 0.05) is 35.4 Å². The fourth-order valence-electron chi connectivity index (χ4n) is 2.97. The van der Waals surface area contributed by atoms with E-state index in [-0.39, 0.29) is 12.4 Å². The van der Waals surface area contributed by atoms with Crippen LogP contribution in [0.3, 0.4) is 0 Å². The lowest BCUT2D eigenvalue weighted by molar-refractivity contribution is 0.0474. The van der Waals surface area contributed by atoms with Crippen molar-refractivity contribution in [3.8, 4) is 0 Å². The van der Waals surface area contributed by atoms with Crippen LogP contribution in [0.15, 0.2) is 54.7 Å². The second kappa shape index (κ2) is 7.99. The standard InChI is InChI=1S/C22H22N2O3/c1-15-9-10-19(12-23-15)22(26)27-14-21(25)20-11-16(2)24(17(20)3)13-18-7-5-4-6-8-18/h4-12H,13-14H2,1-3H3. The van der Waals surface area contributed by atoms with Gasteiger partial charge in [0.05, 0.1) is 5.56 Å². The molecule has 2 aromatic heterocycles. The summed E-state index contributed by atoms with van der Waals surface area (Å²) in [6.07, 6.45) is 1.45. The molecule has 5 heteroatoms. The number of carbonyl (C=O) groups is 2. The molecule has 1 aromatic carbocycles.